The predicted molar refractivity (Wildman–Crippen MR) is 56.7 cm³/mol. The minimum Gasteiger partial charge on any atom is -0.481 e. The van der Waals surface area contributed by atoms with Gasteiger partial charge >= 0.3 is 0 Å². The summed E-state index contributed by atoms with van der Waals surface area (Å²) in [6.45, 7) is 0.884. The number of nitrogens with one attached hydrogen (secondary N) is 1. The molecule has 0 aliphatic heterocycles. The zero-order valence-corrected chi connectivity index (χ0v) is 8.86. The summed E-state index contributed by atoms with van der Waals surface area (Å²) in [5.41, 5.74) is 0.902. The van der Waals surface area contributed by atoms with Crippen LogP contribution in [0.3, 0.4) is 0 Å². The van der Waals surface area contributed by atoms with Gasteiger partial charge in [-0.25, -0.2) is 4.98 Å². The highest BCUT2D eigenvalue weighted by Crippen LogP contribution is 2.34. The lowest BCUT2D eigenvalue weighted by Gasteiger charge is -2.13. The first-order valence-electron chi connectivity index (χ1n) is 5.14. The monoisotopic (exact) mass is 208 g/mol. The highest BCUT2D eigenvalue weighted by atomic mass is 16.5. The van der Waals surface area contributed by atoms with Gasteiger partial charge in [-0.15, -0.1) is 0 Å². The Balaban J connectivity index is 1.93. The third-order valence-corrected chi connectivity index (χ3v) is 2.79. The van der Waals surface area contributed by atoms with Gasteiger partial charge in [0.1, 0.15) is 0 Å². The summed E-state index contributed by atoms with van der Waals surface area (Å²) in [5, 5.41) is 12.4. The van der Waals surface area contributed by atoms with Crippen molar-refractivity contribution in [1.29, 1.82) is 0 Å². The Bertz CT molecular complexity index is 337. The topological polar surface area (TPSA) is 54.4 Å². The molecule has 2 rings (SSSR count). The van der Waals surface area contributed by atoms with Crippen LogP contribution in [0.4, 0.5) is 0 Å². The first kappa shape index (κ1) is 10.4. The molecule has 2 N–H and O–H groups in total. The minimum absolute atomic E-state index is 0.0369. The van der Waals surface area contributed by atoms with Crippen molar-refractivity contribution in [2.45, 2.75) is 24.9 Å². The van der Waals surface area contributed by atoms with Crippen molar-refractivity contribution in [3.05, 3.63) is 23.9 Å². The maximum absolute atomic E-state index is 9.13. The van der Waals surface area contributed by atoms with Crippen molar-refractivity contribution in [2.75, 3.05) is 13.7 Å². The maximum atomic E-state index is 9.13. The second-order valence-electron chi connectivity index (χ2n) is 3.96. The number of aromatic nitrogens is 1. The molecular weight excluding hydrogens is 192 g/mol. The molecule has 1 aliphatic carbocycles. The van der Waals surface area contributed by atoms with E-state index in [4.69, 9.17) is 9.84 Å². The van der Waals surface area contributed by atoms with Gasteiger partial charge in [-0.2, -0.15) is 0 Å². The van der Waals surface area contributed by atoms with Gasteiger partial charge in [-0.3, -0.25) is 0 Å². The summed E-state index contributed by atoms with van der Waals surface area (Å²) in [4.78, 5) is 4.29. The summed E-state index contributed by atoms with van der Waals surface area (Å²) in [6.07, 6.45) is 2.10. The Morgan fingerprint density at radius 3 is 2.93 bits per heavy atom. The molecule has 0 unspecified atom stereocenters. The highest BCUT2D eigenvalue weighted by Gasteiger charge is 2.41. The van der Waals surface area contributed by atoms with E-state index < -0.39 is 0 Å². The van der Waals surface area contributed by atoms with Crippen molar-refractivity contribution < 1.29 is 9.84 Å². The quantitative estimate of drug-likeness (QED) is 0.748. The Hall–Kier alpha value is -1.13. The number of aliphatic hydroxyl groups is 1. The van der Waals surface area contributed by atoms with Gasteiger partial charge in [-0.1, -0.05) is 6.07 Å². The van der Waals surface area contributed by atoms with Crippen LogP contribution in [0.25, 0.3) is 0 Å². The van der Waals surface area contributed by atoms with Gasteiger partial charge in [-0.05, 0) is 18.9 Å². The smallest absolute Gasteiger partial charge is 0.213 e. The Morgan fingerprint density at radius 2 is 2.33 bits per heavy atom. The molecule has 1 heterocycles. The molecule has 1 aromatic heterocycles. The summed E-state index contributed by atoms with van der Waals surface area (Å²) in [7, 11) is 1.61. The Kier molecular flexibility index (Phi) is 2.88. The molecule has 82 valence electrons. The van der Waals surface area contributed by atoms with E-state index in [9.17, 15) is 0 Å². The van der Waals surface area contributed by atoms with E-state index in [0.29, 0.717) is 12.4 Å². The second kappa shape index (κ2) is 4.16. The SMILES string of the molecule is COc1cccc(CNC2(CO)CC2)n1. The normalized spacial score (nSPS) is 17.5. The van der Waals surface area contributed by atoms with E-state index in [1.165, 1.54) is 0 Å². The van der Waals surface area contributed by atoms with E-state index in [1.807, 2.05) is 18.2 Å². The van der Waals surface area contributed by atoms with Crippen LogP contribution in [0.5, 0.6) is 5.88 Å². The maximum Gasteiger partial charge on any atom is 0.213 e. The van der Waals surface area contributed by atoms with Crippen LogP contribution in [0.1, 0.15) is 18.5 Å². The average molecular weight is 208 g/mol. The molecular formula is C11H16N2O2. The standard InChI is InChI=1S/C11H16N2O2/c1-15-10-4-2-3-9(13-10)7-12-11(8-14)5-6-11/h2-4,12,14H,5-8H2,1H3. The van der Waals surface area contributed by atoms with E-state index in [-0.39, 0.29) is 12.1 Å². The number of methoxy groups -OCH3 is 1. The number of hydrogen-bond acceptors (Lipinski definition) is 4. The molecule has 1 aliphatic rings. The van der Waals surface area contributed by atoms with Gasteiger partial charge in [0, 0.05) is 18.2 Å². The third kappa shape index (κ3) is 2.46. The van der Waals surface area contributed by atoms with Crippen LogP contribution in [-0.4, -0.2) is 29.3 Å². The van der Waals surface area contributed by atoms with Crippen LogP contribution in [0.15, 0.2) is 18.2 Å². The number of rotatable bonds is 5. The van der Waals surface area contributed by atoms with Crippen molar-refractivity contribution in [2.24, 2.45) is 0 Å². The second-order valence-corrected chi connectivity index (χ2v) is 3.96. The highest BCUT2D eigenvalue weighted by molar-refractivity contribution is 5.16. The van der Waals surface area contributed by atoms with Gasteiger partial charge < -0.3 is 15.2 Å². The average Bonchev–Trinajstić information content (AvgIpc) is 3.07. The lowest BCUT2D eigenvalue weighted by Crippen LogP contribution is -2.34. The van der Waals surface area contributed by atoms with Crippen LogP contribution >= 0.6 is 0 Å². The molecule has 0 radical (unpaired) electrons. The molecule has 15 heavy (non-hydrogen) atoms. The Labute approximate surface area is 89.3 Å². The first-order valence-corrected chi connectivity index (χ1v) is 5.14. The van der Waals surface area contributed by atoms with Crippen LogP contribution in [0.2, 0.25) is 0 Å². The van der Waals surface area contributed by atoms with E-state index >= 15 is 0 Å². The number of hydrogen-bond donors (Lipinski definition) is 2. The van der Waals surface area contributed by atoms with Gasteiger partial charge in [0.25, 0.3) is 0 Å². The molecule has 0 aromatic carbocycles. The first-order chi connectivity index (χ1) is 7.28. The van der Waals surface area contributed by atoms with Crippen molar-refractivity contribution in [3.63, 3.8) is 0 Å². The van der Waals surface area contributed by atoms with E-state index in [1.54, 1.807) is 7.11 Å². The zero-order chi connectivity index (χ0) is 10.7. The molecule has 0 saturated heterocycles. The molecule has 1 aromatic rings. The summed E-state index contributed by atoms with van der Waals surface area (Å²) in [5.74, 6) is 0.628. The van der Waals surface area contributed by atoms with Crippen molar-refractivity contribution >= 4 is 0 Å². The van der Waals surface area contributed by atoms with Crippen LogP contribution in [0, 0.1) is 0 Å². The third-order valence-electron chi connectivity index (χ3n) is 2.79. The lowest BCUT2D eigenvalue weighted by molar-refractivity contribution is 0.229. The zero-order valence-electron chi connectivity index (χ0n) is 8.86. The molecule has 0 atom stereocenters. The van der Waals surface area contributed by atoms with Crippen LogP contribution < -0.4 is 10.1 Å². The van der Waals surface area contributed by atoms with Gasteiger partial charge in [0.15, 0.2) is 0 Å². The van der Waals surface area contributed by atoms with E-state index in [2.05, 4.69) is 10.3 Å². The largest absolute Gasteiger partial charge is 0.481 e. The Morgan fingerprint density at radius 1 is 1.53 bits per heavy atom. The molecule has 0 spiro atoms. The van der Waals surface area contributed by atoms with Crippen molar-refractivity contribution in [1.82, 2.24) is 10.3 Å². The molecule has 0 bridgehead atoms. The lowest BCUT2D eigenvalue weighted by atomic mass is 10.2. The molecule has 4 heteroatoms. The fourth-order valence-electron chi connectivity index (χ4n) is 1.49. The van der Waals surface area contributed by atoms with Gasteiger partial charge in [0.2, 0.25) is 5.88 Å². The number of nitrogens with zero attached hydrogens (tertiary/aromatic N) is 1. The summed E-state index contributed by atoms with van der Waals surface area (Å²) in [6, 6.07) is 5.69. The van der Waals surface area contributed by atoms with Crippen LogP contribution in [-0.2, 0) is 6.54 Å². The predicted octanol–water partition coefficient (Wildman–Crippen LogP) is 0.705. The summed E-state index contributed by atoms with van der Waals surface area (Å²) >= 11 is 0. The molecule has 0 amide bonds. The summed E-state index contributed by atoms with van der Waals surface area (Å²) < 4.78 is 5.04. The molecule has 1 fully saturated rings. The minimum atomic E-state index is -0.0369. The van der Waals surface area contributed by atoms with E-state index in [0.717, 1.165) is 18.5 Å². The fraction of sp³-hybridized carbons (Fsp3) is 0.545. The molecule has 1 saturated carbocycles. The van der Waals surface area contributed by atoms with Gasteiger partial charge in [0.05, 0.1) is 19.4 Å². The number of pyridine rings is 1. The number of aliphatic hydroxyl groups excluding tert-OH is 1. The molecule has 4 nitrogen and oxygen atoms in total. The fourth-order valence-corrected chi connectivity index (χ4v) is 1.49. The number of ether oxygens (including phenoxy) is 1. The van der Waals surface area contributed by atoms with Crippen molar-refractivity contribution in [3.8, 4) is 5.88 Å².